The van der Waals surface area contributed by atoms with Crippen LogP contribution in [0.1, 0.15) is 12.8 Å². The van der Waals surface area contributed by atoms with Crippen LogP contribution < -0.4 is 10.5 Å². The average molecular weight is 209 g/mol. The summed E-state index contributed by atoms with van der Waals surface area (Å²) < 4.78 is 10.9. The number of hydrogen-bond donors (Lipinski definition) is 2. The first-order chi connectivity index (χ1) is 7.27. The number of phenols is 1. The highest BCUT2D eigenvalue weighted by atomic mass is 16.5. The first kappa shape index (κ1) is 10.1. The van der Waals surface area contributed by atoms with Gasteiger partial charge in [0.05, 0.1) is 13.2 Å². The van der Waals surface area contributed by atoms with Gasteiger partial charge < -0.3 is 20.3 Å². The van der Waals surface area contributed by atoms with E-state index in [9.17, 15) is 5.11 Å². The van der Waals surface area contributed by atoms with E-state index >= 15 is 0 Å². The minimum absolute atomic E-state index is 0.0690. The van der Waals surface area contributed by atoms with Gasteiger partial charge in [-0.3, -0.25) is 0 Å². The predicted molar refractivity (Wildman–Crippen MR) is 57.0 cm³/mol. The number of para-hydroxylation sites is 1. The number of nitrogens with two attached hydrogens (primary N) is 1. The molecule has 0 bridgehead atoms. The molecule has 1 fully saturated rings. The summed E-state index contributed by atoms with van der Waals surface area (Å²) in [5, 5.41) is 9.40. The Kier molecular flexibility index (Phi) is 2.97. The summed E-state index contributed by atoms with van der Waals surface area (Å²) in [7, 11) is 0. The molecule has 0 saturated carbocycles. The molecule has 0 aliphatic carbocycles. The van der Waals surface area contributed by atoms with Gasteiger partial charge in [-0.05, 0) is 12.1 Å². The Morgan fingerprint density at radius 3 is 2.80 bits per heavy atom. The zero-order valence-electron chi connectivity index (χ0n) is 8.48. The van der Waals surface area contributed by atoms with Crippen molar-refractivity contribution in [1.29, 1.82) is 0 Å². The summed E-state index contributed by atoms with van der Waals surface area (Å²) in [6.45, 7) is 1.45. The van der Waals surface area contributed by atoms with E-state index in [4.69, 9.17) is 15.2 Å². The van der Waals surface area contributed by atoms with E-state index in [1.54, 1.807) is 18.2 Å². The standard InChI is InChI=1S/C11H15NO3/c12-11-9(13)2-1-3-10(11)15-8-4-6-14-7-5-8/h1-3,8,13H,4-7,12H2. The second-order valence-corrected chi connectivity index (χ2v) is 3.62. The molecule has 4 heteroatoms. The normalized spacial score (nSPS) is 17.6. The lowest BCUT2D eigenvalue weighted by Crippen LogP contribution is -2.26. The van der Waals surface area contributed by atoms with Crippen LogP contribution >= 0.6 is 0 Å². The summed E-state index contributed by atoms with van der Waals surface area (Å²) >= 11 is 0. The van der Waals surface area contributed by atoms with E-state index in [-0.39, 0.29) is 11.9 Å². The Morgan fingerprint density at radius 2 is 2.07 bits per heavy atom. The molecule has 1 aromatic carbocycles. The largest absolute Gasteiger partial charge is 0.506 e. The summed E-state index contributed by atoms with van der Waals surface area (Å²) in [4.78, 5) is 0. The SMILES string of the molecule is Nc1c(O)cccc1OC1CCOCC1. The molecule has 4 nitrogen and oxygen atoms in total. The molecule has 1 saturated heterocycles. The zero-order valence-corrected chi connectivity index (χ0v) is 8.48. The minimum Gasteiger partial charge on any atom is -0.506 e. The monoisotopic (exact) mass is 209 g/mol. The van der Waals surface area contributed by atoms with Gasteiger partial charge in [0.1, 0.15) is 23.3 Å². The maximum atomic E-state index is 9.40. The molecule has 82 valence electrons. The highest BCUT2D eigenvalue weighted by molar-refractivity contribution is 5.61. The van der Waals surface area contributed by atoms with Crippen molar-refractivity contribution in [1.82, 2.24) is 0 Å². The third kappa shape index (κ3) is 2.33. The van der Waals surface area contributed by atoms with Crippen LogP contribution in [0.2, 0.25) is 0 Å². The van der Waals surface area contributed by atoms with E-state index in [1.807, 2.05) is 0 Å². The molecule has 0 unspecified atom stereocenters. The third-order valence-electron chi connectivity index (χ3n) is 2.51. The molecule has 0 spiro atoms. The highest BCUT2D eigenvalue weighted by Gasteiger charge is 2.16. The van der Waals surface area contributed by atoms with E-state index in [2.05, 4.69) is 0 Å². The molecule has 0 amide bonds. The number of ether oxygens (including phenoxy) is 2. The second kappa shape index (κ2) is 4.40. The topological polar surface area (TPSA) is 64.7 Å². The molecule has 1 aromatic rings. The Hall–Kier alpha value is -1.42. The lowest BCUT2D eigenvalue weighted by molar-refractivity contribution is 0.0258. The number of hydrogen-bond acceptors (Lipinski definition) is 4. The molecule has 15 heavy (non-hydrogen) atoms. The van der Waals surface area contributed by atoms with Gasteiger partial charge in [0.15, 0.2) is 0 Å². The van der Waals surface area contributed by atoms with Gasteiger partial charge in [-0.2, -0.15) is 0 Å². The van der Waals surface area contributed by atoms with Gasteiger partial charge in [0.25, 0.3) is 0 Å². The first-order valence-corrected chi connectivity index (χ1v) is 5.09. The summed E-state index contributed by atoms with van der Waals surface area (Å²) in [6.07, 6.45) is 1.88. The van der Waals surface area contributed by atoms with E-state index in [0.717, 1.165) is 26.1 Å². The van der Waals surface area contributed by atoms with Crippen molar-refractivity contribution in [2.45, 2.75) is 18.9 Å². The number of phenolic OH excluding ortho intramolecular Hbond substituents is 1. The molecular weight excluding hydrogens is 194 g/mol. The van der Waals surface area contributed by atoms with Gasteiger partial charge in [-0.25, -0.2) is 0 Å². The lowest BCUT2D eigenvalue weighted by Gasteiger charge is -2.24. The van der Waals surface area contributed by atoms with Crippen LogP contribution in [0.5, 0.6) is 11.5 Å². The number of anilines is 1. The Bertz CT molecular complexity index is 335. The molecule has 0 aromatic heterocycles. The minimum atomic E-state index is 0.0690. The average Bonchev–Trinajstić information content (AvgIpc) is 2.26. The molecule has 0 atom stereocenters. The fourth-order valence-electron chi connectivity index (χ4n) is 1.61. The highest BCUT2D eigenvalue weighted by Crippen LogP contribution is 2.31. The van der Waals surface area contributed by atoms with E-state index < -0.39 is 0 Å². The fourth-order valence-corrected chi connectivity index (χ4v) is 1.61. The van der Waals surface area contributed by atoms with Crippen molar-refractivity contribution in [2.24, 2.45) is 0 Å². The molecule has 1 heterocycles. The summed E-state index contributed by atoms with van der Waals surface area (Å²) in [5.74, 6) is 0.626. The first-order valence-electron chi connectivity index (χ1n) is 5.09. The van der Waals surface area contributed by atoms with Gasteiger partial charge in [0.2, 0.25) is 0 Å². The Balaban J connectivity index is 2.06. The van der Waals surface area contributed by atoms with Crippen molar-refractivity contribution in [2.75, 3.05) is 18.9 Å². The third-order valence-corrected chi connectivity index (χ3v) is 2.51. The van der Waals surface area contributed by atoms with Gasteiger partial charge >= 0.3 is 0 Å². The summed E-state index contributed by atoms with van der Waals surface area (Å²) in [6, 6.07) is 5.04. The van der Waals surface area contributed by atoms with Crippen molar-refractivity contribution in [3.05, 3.63) is 18.2 Å². The molecule has 2 rings (SSSR count). The number of nitrogen functional groups attached to an aromatic ring is 1. The molecule has 1 aliphatic heterocycles. The van der Waals surface area contributed by atoms with Crippen LogP contribution in [0.3, 0.4) is 0 Å². The van der Waals surface area contributed by atoms with Crippen molar-refractivity contribution >= 4 is 5.69 Å². The van der Waals surface area contributed by atoms with Crippen LogP contribution in [-0.4, -0.2) is 24.4 Å². The van der Waals surface area contributed by atoms with Crippen LogP contribution in [0.25, 0.3) is 0 Å². The number of rotatable bonds is 2. The van der Waals surface area contributed by atoms with E-state index in [0.29, 0.717) is 11.4 Å². The van der Waals surface area contributed by atoms with E-state index in [1.165, 1.54) is 0 Å². The predicted octanol–water partition coefficient (Wildman–Crippen LogP) is 1.53. The number of aromatic hydroxyl groups is 1. The second-order valence-electron chi connectivity index (χ2n) is 3.62. The molecule has 1 aliphatic rings. The van der Waals surface area contributed by atoms with Gasteiger partial charge in [0, 0.05) is 12.8 Å². The zero-order chi connectivity index (χ0) is 10.7. The Labute approximate surface area is 88.6 Å². The maximum Gasteiger partial charge on any atom is 0.146 e. The molecule has 0 radical (unpaired) electrons. The van der Waals surface area contributed by atoms with Crippen molar-refractivity contribution < 1.29 is 14.6 Å². The van der Waals surface area contributed by atoms with Crippen molar-refractivity contribution in [3.8, 4) is 11.5 Å². The van der Waals surface area contributed by atoms with Crippen LogP contribution in [0.4, 0.5) is 5.69 Å². The van der Waals surface area contributed by atoms with Crippen LogP contribution in [0, 0.1) is 0 Å². The Morgan fingerprint density at radius 1 is 1.33 bits per heavy atom. The molecule has 3 N–H and O–H groups in total. The summed E-state index contributed by atoms with van der Waals surface area (Å²) in [5.41, 5.74) is 6.00. The maximum absolute atomic E-state index is 9.40. The van der Waals surface area contributed by atoms with Gasteiger partial charge in [-0.1, -0.05) is 6.07 Å². The smallest absolute Gasteiger partial charge is 0.146 e. The van der Waals surface area contributed by atoms with Gasteiger partial charge in [-0.15, -0.1) is 0 Å². The van der Waals surface area contributed by atoms with Crippen LogP contribution in [0.15, 0.2) is 18.2 Å². The fraction of sp³-hybridized carbons (Fsp3) is 0.455. The lowest BCUT2D eigenvalue weighted by atomic mass is 10.1. The number of benzene rings is 1. The van der Waals surface area contributed by atoms with Crippen LogP contribution in [-0.2, 0) is 4.74 Å². The molecular formula is C11H15NO3. The quantitative estimate of drug-likeness (QED) is 0.572. The van der Waals surface area contributed by atoms with Crippen molar-refractivity contribution in [3.63, 3.8) is 0 Å².